The second-order valence-electron chi connectivity index (χ2n) is 5.33. The molecular weight excluding hydrogens is 366 g/mol. The number of hydrogen-bond acceptors (Lipinski definition) is 4. The standard InChI is InChI=1S/C18H20F2N2O3.ClH/c1-24-14-7-8-16(25-18(19)20)13(10-14)11-22-17(23)9-6-12-4-2-3-5-15(12)21;/h2-5,7-8,10,18H,6,9,11,21H2,1H3,(H,22,23);1H. The fraction of sp³-hybridized carbons (Fsp3) is 0.278. The molecule has 142 valence electrons. The molecule has 0 atom stereocenters. The van der Waals surface area contributed by atoms with Crippen molar-refractivity contribution >= 4 is 24.0 Å². The van der Waals surface area contributed by atoms with Gasteiger partial charge in [-0.2, -0.15) is 8.78 Å². The molecule has 0 saturated carbocycles. The highest BCUT2D eigenvalue weighted by Gasteiger charge is 2.12. The number of carbonyl (C=O) groups is 1. The smallest absolute Gasteiger partial charge is 0.387 e. The molecule has 0 aromatic heterocycles. The van der Waals surface area contributed by atoms with Crippen LogP contribution in [0.2, 0.25) is 0 Å². The maximum absolute atomic E-state index is 12.5. The number of methoxy groups -OCH3 is 1. The lowest BCUT2D eigenvalue weighted by molar-refractivity contribution is -0.121. The highest BCUT2D eigenvalue weighted by molar-refractivity contribution is 5.85. The molecule has 8 heteroatoms. The van der Waals surface area contributed by atoms with Crippen molar-refractivity contribution in [1.82, 2.24) is 5.32 Å². The van der Waals surface area contributed by atoms with Crippen LogP contribution in [0.15, 0.2) is 42.5 Å². The number of benzene rings is 2. The normalized spacial score (nSPS) is 10.2. The minimum absolute atomic E-state index is 0. The van der Waals surface area contributed by atoms with Crippen LogP contribution in [-0.4, -0.2) is 19.6 Å². The molecule has 0 heterocycles. The van der Waals surface area contributed by atoms with Crippen LogP contribution in [0, 0.1) is 0 Å². The number of halogens is 3. The van der Waals surface area contributed by atoms with Gasteiger partial charge in [-0.15, -0.1) is 12.4 Å². The van der Waals surface area contributed by atoms with Crippen LogP contribution in [0.5, 0.6) is 11.5 Å². The SMILES string of the molecule is COc1ccc(OC(F)F)c(CNC(=O)CCc2ccccc2N)c1.Cl. The average molecular weight is 387 g/mol. The van der Waals surface area contributed by atoms with Crippen LogP contribution < -0.4 is 20.5 Å². The molecule has 0 bridgehead atoms. The highest BCUT2D eigenvalue weighted by Crippen LogP contribution is 2.25. The summed E-state index contributed by atoms with van der Waals surface area (Å²) in [5.74, 6) is 0.278. The number of para-hydroxylation sites is 1. The largest absolute Gasteiger partial charge is 0.497 e. The number of rotatable bonds is 8. The second kappa shape index (κ2) is 10.5. The molecule has 1 amide bonds. The third-order valence-electron chi connectivity index (χ3n) is 3.64. The van der Waals surface area contributed by atoms with Crippen LogP contribution in [0.1, 0.15) is 17.5 Å². The molecule has 0 radical (unpaired) electrons. The Morgan fingerprint density at radius 2 is 1.92 bits per heavy atom. The van der Waals surface area contributed by atoms with E-state index in [1.807, 2.05) is 18.2 Å². The fourth-order valence-corrected chi connectivity index (χ4v) is 2.32. The number of nitrogens with two attached hydrogens (primary N) is 1. The zero-order valence-corrected chi connectivity index (χ0v) is 15.0. The number of carbonyl (C=O) groups excluding carboxylic acids is 1. The number of alkyl halides is 2. The van der Waals surface area contributed by atoms with Gasteiger partial charge in [0.1, 0.15) is 11.5 Å². The monoisotopic (exact) mass is 386 g/mol. The van der Waals surface area contributed by atoms with E-state index in [0.29, 0.717) is 23.4 Å². The van der Waals surface area contributed by atoms with Crippen molar-refractivity contribution in [3.05, 3.63) is 53.6 Å². The third kappa shape index (κ3) is 6.40. The Balaban J connectivity index is 0.00000338. The van der Waals surface area contributed by atoms with Gasteiger partial charge in [0.2, 0.25) is 5.91 Å². The Bertz CT molecular complexity index is 729. The Labute approximate surface area is 156 Å². The number of anilines is 1. The van der Waals surface area contributed by atoms with Gasteiger partial charge in [-0.05, 0) is 36.2 Å². The van der Waals surface area contributed by atoms with Crippen LogP contribution >= 0.6 is 12.4 Å². The Kier molecular flexibility index (Phi) is 8.64. The Morgan fingerprint density at radius 1 is 1.19 bits per heavy atom. The molecule has 0 fully saturated rings. The van der Waals surface area contributed by atoms with Gasteiger partial charge in [0.15, 0.2) is 0 Å². The molecular formula is C18H21ClF2N2O3. The average Bonchev–Trinajstić information content (AvgIpc) is 2.59. The lowest BCUT2D eigenvalue weighted by Gasteiger charge is -2.13. The van der Waals surface area contributed by atoms with Gasteiger partial charge in [-0.3, -0.25) is 4.79 Å². The molecule has 26 heavy (non-hydrogen) atoms. The summed E-state index contributed by atoms with van der Waals surface area (Å²) in [6.45, 7) is -2.88. The number of hydrogen-bond donors (Lipinski definition) is 2. The van der Waals surface area contributed by atoms with Crippen molar-refractivity contribution in [3.63, 3.8) is 0 Å². The fourth-order valence-electron chi connectivity index (χ4n) is 2.32. The summed E-state index contributed by atoms with van der Waals surface area (Å²) in [6, 6.07) is 11.8. The van der Waals surface area contributed by atoms with Gasteiger partial charge in [-0.25, -0.2) is 0 Å². The van der Waals surface area contributed by atoms with E-state index in [1.54, 1.807) is 12.1 Å². The van der Waals surface area contributed by atoms with Crippen LogP contribution in [0.25, 0.3) is 0 Å². The van der Waals surface area contributed by atoms with Gasteiger partial charge in [0.25, 0.3) is 0 Å². The number of nitrogen functional groups attached to an aromatic ring is 1. The zero-order valence-electron chi connectivity index (χ0n) is 14.2. The van der Waals surface area contributed by atoms with E-state index in [-0.39, 0.29) is 37.0 Å². The van der Waals surface area contributed by atoms with E-state index in [2.05, 4.69) is 10.1 Å². The molecule has 0 unspecified atom stereocenters. The van der Waals surface area contributed by atoms with Crippen LogP contribution in [0.4, 0.5) is 14.5 Å². The van der Waals surface area contributed by atoms with Gasteiger partial charge >= 0.3 is 6.61 Å². The summed E-state index contributed by atoms with van der Waals surface area (Å²) in [5, 5.41) is 2.69. The summed E-state index contributed by atoms with van der Waals surface area (Å²) in [5.41, 5.74) is 7.77. The maximum atomic E-state index is 12.5. The third-order valence-corrected chi connectivity index (χ3v) is 3.64. The van der Waals surface area contributed by atoms with Gasteiger partial charge in [0.05, 0.1) is 7.11 Å². The molecule has 0 saturated heterocycles. The van der Waals surface area contributed by atoms with Crippen molar-refractivity contribution in [3.8, 4) is 11.5 Å². The first-order valence-electron chi connectivity index (χ1n) is 7.71. The topological polar surface area (TPSA) is 73.6 Å². The molecule has 5 nitrogen and oxygen atoms in total. The van der Waals surface area contributed by atoms with Gasteiger partial charge in [0, 0.05) is 24.2 Å². The quantitative estimate of drug-likeness (QED) is 0.680. The predicted molar refractivity (Wildman–Crippen MR) is 97.9 cm³/mol. The molecule has 2 aromatic carbocycles. The molecule has 2 rings (SSSR count). The minimum atomic E-state index is -2.94. The minimum Gasteiger partial charge on any atom is -0.497 e. The van der Waals surface area contributed by atoms with E-state index in [9.17, 15) is 13.6 Å². The summed E-state index contributed by atoms with van der Waals surface area (Å²) in [6.07, 6.45) is 0.736. The maximum Gasteiger partial charge on any atom is 0.387 e. The first-order chi connectivity index (χ1) is 12.0. The van der Waals surface area contributed by atoms with Crippen molar-refractivity contribution in [2.75, 3.05) is 12.8 Å². The number of aryl methyl sites for hydroxylation is 1. The van der Waals surface area contributed by atoms with E-state index in [0.717, 1.165) is 5.56 Å². The number of ether oxygens (including phenoxy) is 2. The molecule has 0 aliphatic heterocycles. The molecule has 0 aliphatic rings. The lowest BCUT2D eigenvalue weighted by Crippen LogP contribution is -2.23. The number of nitrogens with one attached hydrogen (secondary N) is 1. The van der Waals surface area contributed by atoms with E-state index < -0.39 is 6.61 Å². The van der Waals surface area contributed by atoms with Crippen molar-refractivity contribution in [1.29, 1.82) is 0 Å². The first-order valence-corrected chi connectivity index (χ1v) is 7.71. The summed E-state index contributed by atoms with van der Waals surface area (Å²) >= 11 is 0. The summed E-state index contributed by atoms with van der Waals surface area (Å²) in [7, 11) is 1.47. The molecule has 2 aromatic rings. The second-order valence-corrected chi connectivity index (χ2v) is 5.33. The van der Waals surface area contributed by atoms with Crippen molar-refractivity contribution < 1.29 is 23.0 Å². The molecule has 3 N–H and O–H groups in total. The van der Waals surface area contributed by atoms with E-state index in [1.165, 1.54) is 19.2 Å². The van der Waals surface area contributed by atoms with Crippen molar-refractivity contribution in [2.45, 2.75) is 26.0 Å². The Morgan fingerprint density at radius 3 is 2.58 bits per heavy atom. The van der Waals surface area contributed by atoms with Crippen LogP contribution in [-0.2, 0) is 17.8 Å². The van der Waals surface area contributed by atoms with Gasteiger partial charge in [-0.1, -0.05) is 18.2 Å². The molecule has 0 spiro atoms. The number of amides is 1. The summed E-state index contributed by atoms with van der Waals surface area (Å²) in [4.78, 5) is 12.0. The van der Waals surface area contributed by atoms with Crippen LogP contribution in [0.3, 0.4) is 0 Å². The zero-order chi connectivity index (χ0) is 18.2. The Hall–Kier alpha value is -2.54. The van der Waals surface area contributed by atoms with Crippen molar-refractivity contribution in [2.24, 2.45) is 0 Å². The van der Waals surface area contributed by atoms with E-state index >= 15 is 0 Å². The first kappa shape index (κ1) is 21.5. The predicted octanol–water partition coefficient (Wildman–Crippen LogP) is 3.55. The van der Waals surface area contributed by atoms with Gasteiger partial charge < -0.3 is 20.5 Å². The summed E-state index contributed by atoms with van der Waals surface area (Å²) < 4.78 is 34.5. The highest BCUT2D eigenvalue weighted by atomic mass is 35.5. The lowest BCUT2D eigenvalue weighted by atomic mass is 10.1. The van der Waals surface area contributed by atoms with E-state index in [4.69, 9.17) is 10.5 Å². The molecule has 0 aliphatic carbocycles.